The molecule has 1 aromatic heterocycles. The third-order valence-electron chi connectivity index (χ3n) is 1.60. The number of thioether (sulfide) groups is 1. The molecule has 0 aliphatic rings. The molecule has 5 heteroatoms. The SMILES string of the molecule is CN(C)C(=O)CSc1ccc(N)cn1. The molecular weight excluding hydrogens is 198 g/mol. The third kappa shape index (κ3) is 3.26. The first kappa shape index (κ1) is 10.8. The summed E-state index contributed by atoms with van der Waals surface area (Å²) >= 11 is 1.41. The number of carbonyl (C=O) groups excluding carboxylic acids is 1. The van der Waals surface area contributed by atoms with Crippen molar-refractivity contribution in [3.63, 3.8) is 0 Å². The minimum atomic E-state index is 0.0774. The van der Waals surface area contributed by atoms with Crippen molar-refractivity contribution < 1.29 is 4.79 Å². The van der Waals surface area contributed by atoms with Crippen molar-refractivity contribution in [2.24, 2.45) is 0 Å². The Kier molecular flexibility index (Phi) is 3.76. The van der Waals surface area contributed by atoms with Gasteiger partial charge < -0.3 is 10.6 Å². The molecule has 1 rings (SSSR count). The number of aromatic nitrogens is 1. The van der Waals surface area contributed by atoms with Gasteiger partial charge in [0.2, 0.25) is 5.91 Å². The quantitative estimate of drug-likeness (QED) is 0.753. The summed E-state index contributed by atoms with van der Waals surface area (Å²) in [5.74, 6) is 0.484. The highest BCUT2D eigenvalue weighted by Crippen LogP contribution is 2.15. The minimum Gasteiger partial charge on any atom is -0.397 e. The van der Waals surface area contributed by atoms with Crippen LogP contribution >= 0.6 is 11.8 Å². The number of amides is 1. The maximum atomic E-state index is 11.2. The van der Waals surface area contributed by atoms with E-state index in [1.807, 2.05) is 6.07 Å². The summed E-state index contributed by atoms with van der Waals surface area (Å²) in [5, 5.41) is 0.814. The molecule has 0 saturated carbocycles. The Labute approximate surface area is 87.5 Å². The standard InChI is InChI=1S/C9H13N3OS/c1-12(2)9(13)6-14-8-4-3-7(10)5-11-8/h3-5H,6,10H2,1-2H3. The molecule has 14 heavy (non-hydrogen) atoms. The Morgan fingerprint density at radius 1 is 1.57 bits per heavy atom. The van der Waals surface area contributed by atoms with E-state index in [1.54, 1.807) is 31.3 Å². The lowest BCUT2D eigenvalue weighted by molar-refractivity contribution is -0.125. The van der Waals surface area contributed by atoms with Crippen LogP contribution in [-0.4, -0.2) is 35.6 Å². The molecule has 1 aromatic rings. The average molecular weight is 211 g/mol. The van der Waals surface area contributed by atoms with Crippen LogP contribution in [0.2, 0.25) is 0 Å². The van der Waals surface area contributed by atoms with Crippen molar-refractivity contribution in [2.45, 2.75) is 5.03 Å². The number of hydrogen-bond donors (Lipinski definition) is 1. The normalized spacial score (nSPS) is 9.86. The molecule has 0 aromatic carbocycles. The smallest absolute Gasteiger partial charge is 0.232 e. The van der Waals surface area contributed by atoms with Gasteiger partial charge in [0.25, 0.3) is 0 Å². The second kappa shape index (κ2) is 4.85. The van der Waals surface area contributed by atoms with E-state index in [-0.39, 0.29) is 5.91 Å². The van der Waals surface area contributed by atoms with Crippen molar-refractivity contribution in [2.75, 3.05) is 25.6 Å². The van der Waals surface area contributed by atoms with Gasteiger partial charge in [0, 0.05) is 14.1 Å². The molecule has 1 amide bonds. The molecule has 0 radical (unpaired) electrons. The van der Waals surface area contributed by atoms with Gasteiger partial charge in [-0.05, 0) is 12.1 Å². The van der Waals surface area contributed by atoms with Crippen LogP contribution in [0.1, 0.15) is 0 Å². The summed E-state index contributed by atoms with van der Waals surface area (Å²) < 4.78 is 0. The molecule has 1 heterocycles. The van der Waals surface area contributed by atoms with Crippen LogP contribution in [0.25, 0.3) is 0 Å². The van der Waals surface area contributed by atoms with E-state index < -0.39 is 0 Å². The zero-order valence-corrected chi connectivity index (χ0v) is 9.04. The lowest BCUT2D eigenvalue weighted by Gasteiger charge is -2.08. The lowest BCUT2D eigenvalue weighted by Crippen LogP contribution is -2.23. The van der Waals surface area contributed by atoms with Crippen LogP contribution in [0.4, 0.5) is 5.69 Å². The van der Waals surface area contributed by atoms with Gasteiger partial charge >= 0.3 is 0 Å². The van der Waals surface area contributed by atoms with Crippen LogP contribution in [0, 0.1) is 0 Å². The number of rotatable bonds is 3. The van der Waals surface area contributed by atoms with E-state index in [2.05, 4.69) is 4.98 Å². The maximum absolute atomic E-state index is 11.2. The Morgan fingerprint density at radius 3 is 2.79 bits per heavy atom. The lowest BCUT2D eigenvalue weighted by atomic mass is 10.4. The van der Waals surface area contributed by atoms with E-state index in [4.69, 9.17) is 5.73 Å². The number of carbonyl (C=O) groups is 1. The van der Waals surface area contributed by atoms with Crippen LogP contribution in [0.5, 0.6) is 0 Å². The average Bonchev–Trinajstić information content (AvgIpc) is 2.16. The minimum absolute atomic E-state index is 0.0774. The molecular formula is C9H13N3OS. The highest BCUT2D eigenvalue weighted by atomic mass is 32.2. The molecule has 0 unspecified atom stereocenters. The molecule has 0 aliphatic carbocycles. The molecule has 0 spiro atoms. The van der Waals surface area contributed by atoms with Crippen molar-refractivity contribution in [3.05, 3.63) is 18.3 Å². The van der Waals surface area contributed by atoms with E-state index in [9.17, 15) is 4.79 Å². The number of anilines is 1. The summed E-state index contributed by atoms with van der Waals surface area (Å²) in [6, 6.07) is 3.58. The van der Waals surface area contributed by atoms with Crippen LogP contribution in [-0.2, 0) is 4.79 Å². The number of nitrogens with zero attached hydrogens (tertiary/aromatic N) is 2. The Balaban J connectivity index is 2.46. The summed E-state index contributed by atoms with van der Waals surface area (Å²) in [7, 11) is 3.47. The number of hydrogen-bond acceptors (Lipinski definition) is 4. The topological polar surface area (TPSA) is 59.2 Å². The summed E-state index contributed by atoms with van der Waals surface area (Å²) in [5.41, 5.74) is 6.12. The fourth-order valence-electron chi connectivity index (χ4n) is 0.742. The maximum Gasteiger partial charge on any atom is 0.232 e. The van der Waals surface area contributed by atoms with Gasteiger partial charge in [-0.3, -0.25) is 4.79 Å². The third-order valence-corrected chi connectivity index (χ3v) is 2.53. The largest absolute Gasteiger partial charge is 0.397 e. The monoisotopic (exact) mass is 211 g/mol. The summed E-state index contributed by atoms with van der Waals surface area (Å²) in [6.07, 6.45) is 1.59. The van der Waals surface area contributed by atoms with E-state index in [0.717, 1.165) is 5.03 Å². The highest BCUT2D eigenvalue weighted by molar-refractivity contribution is 7.99. The van der Waals surface area contributed by atoms with Gasteiger partial charge in [0.1, 0.15) is 0 Å². The van der Waals surface area contributed by atoms with Crippen molar-refractivity contribution in [1.29, 1.82) is 0 Å². The van der Waals surface area contributed by atoms with Crippen molar-refractivity contribution in [1.82, 2.24) is 9.88 Å². The second-order valence-corrected chi connectivity index (χ2v) is 4.00. The van der Waals surface area contributed by atoms with Crippen molar-refractivity contribution in [3.8, 4) is 0 Å². The summed E-state index contributed by atoms with van der Waals surface area (Å²) in [6.45, 7) is 0. The van der Waals surface area contributed by atoms with Gasteiger partial charge in [-0.25, -0.2) is 4.98 Å². The zero-order chi connectivity index (χ0) is 10.6. The number of nitrogens with two attached hydrogens (primary N) is 1. The number of pyridine rings is 1. The first-order valence-electron chi connectivity index (χ1n) is 4.14. The van der Waals surface area contributed by atoms with E-state index in [1.165, 1.54) is 11.8 Å². The Hall–Kier alpha value is -1.23. The van der Waals surface area contributed by atoms with E-state index in [0.29, 0.717) is 11.4 Å². The first-order valence-corrected chi connectivity index (χ1v) is 5.12. The zero-order valence-electron chi connectivity index (χ0n) is 8.23. The van der Waals surface area contributed by atoms with Crippen LogP contribution < -0.4 is 5.73 Å². The van der Waals surface area contributed by atoms with Crippen LogP contribution in [0.3, 0.4) is 0 Å². The molecule has 76 valence electrons. The van der Waals surface area contributed by atoms with E-state index >= 15 is 0 Å². The fraction of sp³-hybridized carbons (Fsp3) is 0.333. The molecule has 0 aliphatic heterocycles. The highest BCUT2D eigenvalue weighted by Gasteiger charge is 2.04. The van der Waals surface area contributed by atoms with Gasteiger partial charge in [-0.2, -0.15) is 0 Å². The Morgan fingerprint density at radius 2 is 2.29 bits per heavy atom. The molecule has 0 saturated heterocycles. The summed E-state index contributed by atoms with van der Waals surface area (Å²) in [4.78, 5) is 16.9. The predicted molar refractivity (Wildman–Crippen MR) is 58.1 cm³/mol. The second-order valence-electron chi connectivity index (χ2n) is 3.01. The molecule has 2 N–H and O–H groups in total. The van der Waals surface area contributed by atoms with Gasteiger partial charge in [-0.1, -0.05) is 11.8 Å². The molecule has 4 nitrogen and oxygen atoms in total. The molecule has 0 bridgehead atoms. The Bertz CT molecular complexity index is 310. The predicted octanol–water partition coefficient (Wildman–Crippen LogP) is 0.844. The fourth-order valence-corrected chi connectivity index (χ4v) is 1.56. The van der Waals surface area contributed by atoms with Gasteiger partial charge in [-0.15, -0.1) is 0 Å². The van der Waals surface area contributed by atoms with Gasteiger partial charge in [0.05, 0.1) is 22.7 Å². The van der Waals surface area contributed by atoms with Crippen LogP contribution in [0.15, 0.2) is 23.4 Å². The molecule has 0 atom stereocenters. The first-order chi connectivity index (χ1) is 6.59. The van der Waals surface area contributed by atoms with Gasteiger partial charge in [0.15, 0.2) is 0 Å². The molecule has 0 fully saturated rings. The van der Waals surface area contributed by atoms with Crippen molar-refractivity contribution >= 4 is 23.4 Å². The number of nitrogen functional groups attached to an aromatic ring is 1.